The van der Waals surface area contributed by atoms with E-state index in [9.17, 15) is 4.79 Å². The summed E-state index contributed by atoms with van der Waals surface area (Å²) in [6.45, 7) is 9.33. The van der Waals surface area contributed by atoms with Gasteiger partial charge in [-0.15, -0.1) is 24.0 Å². The van der Waals surface area contributed by atoms with E-state index in [0.29, 0.717) is 6.04 Å². The second-order valence-corrected chi connectivity index (χ2v) is 7.35. The molecule has 2 N–H and O–H groups in total. The zero-order chi connectivity index (χ0) is 18.2. The highest BCUT2D eigenvalue weighted by Crippen LogP contribution is 2.16. The number of amides is 1. The van der Waals surface area contributed by atoms with Crippen LogP contribution >= 0.6 is 24.0 Å². The number of hydrogen-bond acceptors (Lipinski definition) is 4. The summed E-state index contributed by atoms with van der Waals surface area (Å²) in [6.07, 6.45) is 3.44. The number of methoxy groups -OCH3 is 1. The number of ether oxygens (including phenoxy) is 1. The highest BCUT2D eigenvalue weighted by Gasteiger charge is 2.28. The Labute approximate surface area is 175 Å². The highest BCUT2D eigenvalue weighted by molar-refractivity contribution is 14.0. The van der Waals surface area contributed by atoms with Gasteiger partial charge in [0.2, 0.25) is 5.91 Å². The van der Waals surface area contributed by atoms with E-state index in [2.05, 4.69) is 20.5 Å². The van der Waals surface area contributed by atoms with Crippen LogP contribution in [0.15, 0.2) is 4.99 Å². The van der Waals surface area contributed by atoms with Crippen LogP contribution in [0, 0.1) is 5.92 Å². The van der Waals surface area contributed by atoms with Crippen molar-refractivity contribution in [2.24, 2.45) is 10.9 Å². The normalized spacial score (nSPS) is 24.0. The van der Waals surface area contributed by atoms with E-state index in [1.807, 2.05) is 18.7 Å². The number of hydrogen-bond donors (Lipinski definition) is 2. The Morgan fingerprint density at radius 3 is 2.73 bits per heavy atom. The number of guanidine groups is 1. The fourth-order valence-electron chi connectivity index (χ4n) is 3.68. The van der Waals surface area contributed by atoms with Crippen LogP contribution in [-0.2, 0) is 9.53 Å². The van der Waals surface area contributed by atoms with Crippen LogP contribution in [0.3, 0.4) is 0 Å². The minimum Gasteiger partial charge on any atom is -0.383 e. The average Bonchev–Trinajstić information content (AvgIpc) is 3.25. The number of rotatable bonds is 7. The standard InChI is InChI=1S/C18H35N5O2.HI/c1-14(2)17(24)23-9-7-15(13-23)21-18(19-3)20-12-16-6-5-8-22(16)10-11-25-4;/h14-16H,5-13H2,1-4H3,(H2,19,20,21);1H. The maximum absolute atomic E-state index is 12.1. The first-order valence-corrected chi connectivity index (χ1v) is 9.54. The lowest BCUT2D eigenvalue weighted by atomic mass is 10.2. The summed E-state index contributed by atoms with van der Waals surface area (Å²) < 4.78 is 5.20. The van der Waals surface area contributed by atoms with Gasteiger partial charge in [-0.3, -0.25) is 14.7 Å². The number of aliphatic imine (C=N–C) groups is 1. The Morgan fingerprint density at radius 2 is 2.08 bits per heavy atom. The van der Waals surface area contributed by atoms with Gasteiger partial charge >= 0.3 is 0 Å². The first-order chi connectivity index (χ1) is 12.0. The molecule has 2 unspecified atom stereocenters. The van der Waals surface area contributed by atoms with Gasteiger partial charge < -0.3 is 20.3 Å². The molecular formula is C18H36IN5O2. The Bertz CT molecular complexity index is 461. The second-order valence-electron chi connectivity index (χ2n) is 7.35. The van der Waals surface area contributed by atoms with E-state index in [1.54, 1.807) is 14.2 Å². The van der Waals surface area contributed by atoms with E-state index in [4.69, 9.17) is 4.74 Å². The first kappa shape index (κ1) is 23.4. The summed E-state index contributed by atoms with van der Waals surface area (Å²) in [5.74, 6) is 1.14. The molecule has 0 bridgehead atoms. The molecule has 0 saturated carbocycles. The van der Waals surface area contributed by atoms with Crippen LogP contribution in [0.1, 0.15) is 33.1 Å². The molecule has 0 aromatic rings. The van der Waals surface area contributed by atoms with Crippen molar-refractivity contribution >= 4 is 35.8 Å². The molecule has 2 heterocycles. The van der Waals surface area contributed by atoms with Crippen LogP contribution in [0.2, 0.25) is 0 Å². The van der Waals surface area contributed by atoms with Gasteiger partial charge in [-0.05, 0) is 25.8 Å². The van der Waals surface area contributed by atoms with E-state index < -0.39 is 0 Å². The third-order valence-corrected chi connectivity index (χ3v) is 5.15. The number of carbonyl (C=O) groups excluding carboxylic acids is 1. The number of likely N-dealkylation sites (tertiary alicyclic amines) is 2. The van der Waals surface area contributed by atoms with Crippen molar-refractivity contribution in [3.8, 4) is 0 Å². The van der Waals surface area contributed by atoms with E-state index in [0.717, 1.165) is 51.7 Å². The van der Waals surface area contributed by atoms with Gasteiger partial charge in [0.25, 0.3) is 0 Å². The molecule has 26 heavy (non-hydrogen) atoms. The Balaban J connectivity index is 0.00000338. The van der Waals surface area contributed by atoms with Crippen LogP contribution < -0.4 is 10.6 Å². The van der Waals surface area contributed by atoms with Gasteiger partial charge in [0.1, 0.15) is 0 Å². The van der Waals surface area contributed by atoms with Crippen molar-refractivity contribution in [3.05, 3.63) is 0 Å². The van der Waals surface area contributed by atoms with Crippen molar-refractivity contribution in [2.45, 2.75) is 45.2 Å². The molecule has 0 aliphatic carbocycles. The minimum absolute atomic E-state index is 0. The molecule has 152 valence electrons. The average molecular weight is 481 g/mol. The topological polar surface area (TPSA) is 69.2 Å². The molecule has 2 rings (SSSR count). The molecule has 0 spiro atoms. The van der Waals surface area contributed by atoms with Crippen LogP contribution in [0.5, 0.6) is 0 Å². The lowest BCUT2D eigenvalue weighted by Crippen LogP contribution is -2.49. The number of halogens is 1. The van der Waals surface area contributed by atoms with Gasteiger partial charge in [0.15, 0.2) is 5.96 Å². The summed E-state index contributed by atoms with van der Waals surface area (Å²) >= 11 is 0. The SMILES string of the molecule is CN=C(NCC1CCCN1CCOC)NC1CCN(C(=O)C(C)C)C1.I. The van der Waals surface area contributed by atoms with Crippen LogP contribution in [0.4, 0.5) is 0 Å². The molecule has 1 amide bonds. The van der Waals surface area contributed by atoms with E-state index >= 15 is 0 Å². The summed E-state index contributed by atoms with van der Waals surface area (Å²) in [6, 6.07) is 0.818. The third-order valence-electron chi connectivity index (χ3n) is 5.15. The van der Waals surface area contributed by atoms with E-state index in [1.165, 1.54) is 12.8 Å². The molecule has 2 saturated heterocycles. The molecule has 2 atom stereocenters. The number of carbonyl (C=O) groups is 1. The maximum Gasteiger partial charge on any atom is 0.225 e. The zero-order valence-electron chi connectivity index (χ0n) is 16.7. The van der Waals surface area contributed by atoms with Gasteiger partial charge in [-0.1, -0.05) is 13.8 Å². The minimum atomic E-state index is 0. The van der Waals surface area contributed by atoms with Gasteiger partial charge in [0.05, 0.1) is 6.61 Å². The molecule has 2 aliphatic heterocycles. The maximum atomic E-state index is 12.1. The Hall–Kier alpha value is -0.610. The van der Waals surface area contributed by atoms with Crippen LogP contribution in [0.25, 0.3) is 0 Å². The van der Waals surface area contributed by atoms with Gasteiger partial charge in [-0.25, -0.2) is 0 Å². The second kappa shape index (κ2) is 12.0. The summed E-state index contributed by atoms with van der Waals surface area (Å²) in [7, 11) is 3.56. The molecule has 2 fully saturated rings. The number of nitrogens with zero attached hydrogens (tertiary/aromatic N) is 3. The fraction of sp³-hybridized carbons (Fsp3) is 0.889. The molecule has 0 radical (unpaired) electrons. The molecule has 7 nitrogen and oxygen atoms in total. The monoisotopic (exact) mass is 481 g/mol. The predicted molar refractivity (Wildman–Crippen MR) is 116 cm³/mol. The first-order valence-electron chi connectivity index (χ1n) is 9.54. The molecular weight excluding hydrogens is 445 g/mol. The lowest BCUT2D eigenvalue weighted by molar-refractivity contribution is -0.133. The smallest absolute Gasteiger partial charge is 0.225 e. The predicted octanol–water partition coefficient (Wildman–Crippen LogP) is 1.14. The van der Waals surface area contributed by atoms with Crippen LogP contribution in [-0.4, -0.2) is 87.2 Å². The van der Waals surface area contributed by atoms with Gasteiger partial charge in [0, 0.05) is 58.3 Å². The van der Waals surface area contributed by atoms with Crippen molar-refractivity contribution in [2.75, 3.05) is 53.5 Å². The Kier molecular flexibility index (Phi) is 10.8. The van der Waals surface area contributed by atoms with Crippen molar-refractivity contribution in [1.82, 2.24) is 20.4 Å². The van der Waals surface area contributed by atoms with Crippen molar-refractivity contribution < 1.29 is 9.53 Å². The Morgan fingerprint density at radius 1 is 1.31 bits per heavy atom. The molecule has 0 aromatic carbocycles. The largest absolute Gasteiger partial charge is 0.383 e. The highest BCUT2D eigenvalue weighted by atomic mass is 127. The number of nitrogens with one attached hydrogen (secondary N) is 2. The summed E-state index contributed by atoms with van der Waals surface area (Å²) in [5.41, 5.74) is 0. The van der Waals surface area contributed by atoms with Crippen molar-refractivity contribution in [1.29, 1.82) is 0 Å². The quantitative estimate of drug-likeness (QED) is 0.324. The molecule has 2 aliphatic rings. The van der Waals surface area contributed by atoms with Gasteiger partial charge in [-0.2, -0.15) is 0 Å². The fourth-order valence-corrected chi connectivity index (χ4v) is 3.68. The molecule has 0 aromatic heterocycles. The summed E-state index contributed by atoms with van der Waals surface area (Å²) in [5, 5.41) is 6.94. The summed E-state index contributed by atoms with van der Waals surface area (Å²) in [4.78, 5) is 20.9. The van der Waals surface area contributed by atoms with E-state index in [-0.39, 0.29) is 41.8 Å². The molecule has 8 heteroatoms. The zero-order valence-corrected chi connectivity index (χ0v) is 19.0. The third kappa shape index (κ3) is 6.84. The lowest BCUT2D eigenvalue weighted by Gasteiger charge is -2.26. The van der Waals surface area contributed by atoms with Crippen molar-refractivity contribution in [3.63, 3.8) is 0 Å².